The van der Waals surface area contributed by atoms with E-state index in [-0.39, 0.29) is 31.8 Å². The minimum Gasteiger partial charge on any atom is -0.465 e. The average Bonchev–Trinajstić information content (AvgIpc) is 2.60. The summed E-state index contributed by atoms with van der Waals surface area (Å²) in [6.45, 7) is 11.1. The summed E-state index contributed by atoms with van der Waals surface area (Å²) >= 11 is 0. The van der Waals surface area contributed by atoms with Gasteiger partial charge in [-0.2, -0.15) is 13.2 Å². The molecule has 0 N–H and O–H groups in total. The van der Waals surface area contributed by atoms with Crippen LogP contribution in [-0.2, 0) is 9.53 Å². The lowest BCUT2D eigenvalue weighted by Crippen LogP contribution is -2.41. The number of esters is 1. The van der Waals surface area contributed by atoms with E-state index >= 15 is 0 Å². The van der Waals surface area contributed by atoms with Crippen LogP contribution in [-0.4, -0.2) is 25.4 Å². The smallest absolute Gasteiger partial charge is 0.394 e. The summed E-state index contributed by atoms with van der Waals surface area (Å²) in [5, 5.41) is 0. The van der Waals surface area contributed by atoms with E-state index in [0.29, 0.717) is 18.8 Å². The number of hydrogen-bond acceptors (Lipinski definition) is 2. The molecule has 0 aliphatic heterocycles. The van der Waals surface area contributed by atoms with E-state index in [1.165, 1.54) is 13.8 Å². The molecule has 0 bridgehead atoms. The van der Waals surface area contributed by atoms with E-state index in [1.54, 1.807) is 0 Å². The molecule has 0 heterocycles. The Bertz CT molecular complexity index is 466. The third-order valence-electron chi connectivity index (χ3n) is 6.31. The molecule has 0 aromatic rings. The van der Waals surface area contributed by atoms with Gasteiger partial charge in [-0.05, 0) is 50.4 Å². The van der Waals surface area contributed by atoms with Crippen molar-refractivity contribution in [3.63, 3.8) is 0 Å². The van der Waals surface area contributed by atoms with Crippen molar-refractivity contribution in [1.82, 2.24) is 0 Å². The molecule has 0 fully saturated rings. The Morgan fingerprint density at radius 3 is 1.96 bits per heavy atom. The molecule has 27 heavy (non-hydrogen) atoms. The van der Waals surface area contributed by atoms with Gasteiger partial charge < -0.3 is 4.74 Å². The van der Waals surface area contributed by atoms with Crippen molar-refractivity contribution in [1.29, 1.82) is 0 Å². The summed E-state index contributed by atoms with van der Waals surface area (Å²) in [6.07, 6.45) is -2.49. The van der Waals surface area contributed by atoms with E-state index in [2.05, 4.69) is 13.8 Å². The zero-order valence-corrected chi connectivity index (χ0v) is 18.1. The normalized spacial score (nSPS) is 20.3. The summed E-state index contributed by atoms with van der Waals surface area (Å²) in [5.41, 5.74) is -3.75. The molecular formula is C21H38F4O2. The van der Waals surface area contributed by atoms with E-state index in [0.717, 1.165) is 13.3 Å². The van der Waals surface area contributed by atoms with Crippen LogP contribution >= 0.6 is 0 Å². The van der Waals surface area contributed by atoms with Crippen LogP contribution in [0, 0.1) is 22.2 Å². The van der Waals surface area contributed by atoms with Gasteiger partial charge in [0.25, 0.3) is 0 Å². The molecule has 6 heteroatoms. The van der Waals surface area contributed by atoms with Gasteiger partial charge in [0.2, 0.25) is 0 Å². The molecule has 4 atom stereocenters. The van der Waals surface area contributed by atoms with E-state index in [1.807, 2.05) is 13.8 Å². The van der Waals surface area contributed by atoms with Crippen molar-refractivity contribution in [3.05, 3.63) is 0 Å². The highest BCUT2D eigenvalue weighted by molar-refractivity contribution is 5.76. The average molecular weight is 399 g/mol. The SMILES string of the molecule is CCC(C)CC(C)(CC)C(=O)OCCC(C)(CF)CC(C)(CC)C(F)(F)F. The van der Waals surface area contributed by atoms with Crippen molar-refractivity contribution in [2.45, 2.75) is 93.2 Å². The minimum absolute atomic E-state index is 0.0625. The van der Waals surface area contributed by atoms with Crippen LogP contribution in [0.5, 0.6) is 0 Å². The van der Waals surface area contributed by atoms with Gasteiger partial charge in [0.15, 0.2) is 0 Å². The molecule has 0 aliphatic rings. The second-order valence-electron chi connectivity index (χ2n) is 9.05. The van der Waals surface area contributed by atoms with Crippen LogP contribution in [0.2, 0.25) is 0 Å². The number of halogens is 4. The topological polar surface area (TPSA) is 26.3 Å². The molecule has 0 amide bonds. The predicted octanol–water partition coefficient (Wildman–Crippen LogP) is 7.12. The Morgan fingerprint density at radius 2 is 1.59 bits per heavy atom. The summed E-state index contributed by atoms with van der Waals surface area (Å²) in [5.74, 6) is 0.0243. The second-order valence-corrected chi connectivity index (χ2v) is 9.05. The van der Waals surface area contributed by atoms with Crippen molar-refractivity contribution in [2.24, 2.45) is 22.2 Å². The molecule has 0 aliphatic carbocycles. The largest absolute Gasteiger partial charge is 0.465 e. The van der Waals surface area contributed by atoms with Gasteiger partial charge in [-0.25, -0.2) is 0 Å². The van der Waals surface area contributed by atoms with Gasteiger partial charge in [-0.1, -0.05) is 48.0 Å². The lowest BCUT2D eigenvalue weighted by molar-refractivity contribution is -0.230. The lowest BCUT2D eigenvalue weighted by Gasteiger charge is -2.39. The second kappa shape index (κ2) is 10.1. The Hall–Kier alpha value is -0.810. The lowest BCUT2D eigenvalue weighted by atomic mass is 9.70. The highest BCUT2D eigenvalue weighted by Crippen LogP contribution is 2.49. The zero-order valence-electron chi connectivity index (χ0n) is 18.1. The minimum atomic E-state index is -4.40. The number of carbonyl (C=O) groups excluding carboxylic acids is 1. The maximum atomic E-state index is 13.6. The first-order chi connectivity index (χ1) is 12.2. The van der Waals surface area contributed by atoms with Crippen LogP contribution in [0.15, 0.2) is 0 Å². The summed E-state index contributed by atoms with van der Waals surface area (Å²) in [7, 11) is 0. The summed E-state index contributed by atoms with van der Waals surface area (Å²) in [4.78, 5) is 12.5. The van der Waals surface area contributed by atoms with Crippen molar-refractivity contribution in [2.75, 3.05) is 13.3 Å². The van der Waals surface area contributed by atoms with E-state index in [4.69, 9.17) is 4.74 Å². The van der Waals surface area contributed by atoms with Crippen LogP contribution in [0.1, 0.15) is 87.0 Å². The fourth-order valence-corrected chi connectivity index (χ4v) is 3.42. The first kappa shape index (κ1) is 26.2. The molecule has 2 nitrogen and oxygen atoms in total. The van der Waals surface area contributed by atoms with Crippen molar-refractivity contribution in [3.8, 4) is 0 Å². The van der Waals surface area contributed by atoms with Gasteiger partial charge >= 0.3 is 12.1 Å². The number of hydrogen-bond donors (Lipinski definition) is 0. The molecule has 162 valence electrons. The fourth-order valence-electron chi connectivity index (χ4n) is 3.42. The summed E-state index contributed by atoms with van der Waals surface area (Å²) in [6, 6.07) is 0. The van der Waals surface area contributed by atoms with E-state index in [9.17, 15) is 22.4 Å². The van der Waals surface area contributed by atoms with Crippen molar-refractivity contribution < 1.29 is 27.1 Å². The molecule has 0 aromatic heterocycles. The molecule has 0 aromatic carbocycles. The third kappa shape index (κ3) is 7.26. The quantitative estimate of drug-likeness (QED) is 0.258. The Labute approximate surface area is 162 Å². The Balaban J connectivity index is 4.98. The molecule has 0 rings (SSSR count). The molecule has 0 spiro atoms. The molecule has 0 radical (unpaired) electrons. The van der Waals surface area contributed by atoms with Gasteiger partial charge in [-0.15, -0.1) is 0 Å². The monoisotopic (exact) mass is 398 g/mol. The molecule has 4 unspecified atom stereocenters. The van der Waals surface area contributed by atoms with Crippen LogP contribution in [0.25, 0.3) is 0 Å². The summed E-state index contributed by atoms with van der Waals surface area (Å²) < 4.78 is 59.1. The van der Waals surface area contributed by atoms with Crippen LogP contribution in [0.4, 0.5) is 17.6 Å². The molecule has 0 saturated carbocycles. The van der Waals surface area contributed by atoms with Crippen LogP contribution < -0.4 is 0 Å². The van der Waals surface area contributed by atoms with Crippen LogP contribution in [0.3, 0.4) is 0 Å². The number of alkyl halides is 4. The van der Waals surface area contributed by atoms with Gasteiger partial charge in [-0.3, -0.25) is 9.18 Å². The Morgan fingerprint density at radius 1 is 1.04 bits per heavy atom. The van der Waals surface area contributed by atoms with Gasteiger partial charge in [0, 0.05) is 0 Å². The predicted molar refractivity (Wildman–Crippen MR) is 101 cm³/mol. The highest BCUT2D eigenvalue weighted by atomic mass is 19.4. The molecular weight excluding hydrogens is 360 g/mol. The maximum absolute atomic E-state index is 13.6. The number of ether oxygens (including phenoxy) is 1. The maximum Gasteiger partial charge on any atom is 0.394 e. The fraction of sp³-hybridized carbons (Fsp3) is 0.952. The standard InChI is InChI=1S/C21H38F4O2/c1-8-16(4)13-19(6,9-2)17(26)27-12-11-18(5,15-22)14-20(7,10-3)21(23,24)25/h16H,8-15H2,1-7H3. The first-order valence-electron chi connectivity index (χ1n) is 10.0. The first-order valence-corrected chi connectivity index (χ1v) is 10.0. The highest BCUT2D eigenvalue weighted by Gasteiger charge is 2.52. The number of carbonyl (C=O) groups is 1. The molecule has 0 saturated heterocycles. The Kier molecular flexibility index (Phi) is 9.80. The number of rotatable bonds is 12. The van der Waals surface area contributed by atoms with Gasteiger partial charge in [0.05, 0.1) is 24.1 Å². The third-order valence-corrected chi connectivity index (χ3v) is 6.31. The van der Waals surface area contributed by atoms with Crippen molar-refractivity contribution >= 4 is 5.97 Å². The zero-order chi connectivity index (χ0) is 21.5. The van der Waals surface area contributed by atoms with E-state index < -0.39 is 29.1 Å². The van der Waals surface area contributed by atoms with Gasteiger partial charge in [0.1, 0.15) is 0 Å².